The first-order valence-corrected chi connectivity index (χ1v) is 9.39. The summed E-state index contributed by atoms with van der Waals surface area (Å²) in [6.45, 7) is 4.55. The molecule has 3 rings (SSSR count). The maximum Gasteiger partial charge on any atom is 0.244 e. The van der Waals surface area contributed by atoms with Crippen LogP contribution in [0.15, 0.2) is 11.1 Å². The van der Waals surface area contributed by atoms with Crippen molar-refractivity contribution < 1.29 is 18.3 Å². The smallest absolute Gasteiger partial charge is 0.244 e. The number of aryl methyl sites for hydroxylation is 2. The van der Waals surface area contributed by atoms with Gasteiger partial charge in [0, 0.05) is 38.4 Å². The molecule has 0 unspecified atom stereocenters. The third kappa shape index (κ3) is 3.43. The number of aliphatic hydroxyl groups excluding tert-OH is 1. The van der Waals surface area contributed by atoms with Gasteiger partial charge in [0.15, 0.2) is 0 Å². The molecule has 1 aliphatic carbocycles. The average molecular weight is 344 g/mol. The largest absolute Gasteiger partial charge is 0.390 e. The van der Waals surface area contributed by atoms with Crippen LogP contribution in [0, 0.1) is 6.92 Å². The third-order valence-electron chi connectivity index (χ3n) is 4.66. The highest BCUT2D eigenvalue weighted by Crippen LogP contribution is 2.27. The molecule has 2 heterocycles. The summed E-state index contributed by atoms with van der Waals surface area (Å²) in [5.41, 5.74) is 0.456. The van der Waals surface area contributed by atoms with Crippen LogP contribution in [-0.4, -0.2) is 72.7 Å². The van der Waals surface area contributed by atoms with Crippen LogP contribution >= 0.6 is 0 Å². The molecule has 2 N–H and O–H groups in total. The molecule has 1 aliphatic heterocycles. The Labute approximate surface area is 136 Å². The second-order valence-corrected chi connectivity index (χ2v) is 7.95. The van der Waals surface area contributed by atoms with E-state index < -0.39 is 22.2 Å². The lowest BCUT2D eigenvalue weighted by atomic mass is 10.1. The maximum absolute atomic E-state index is 12.5. The number of nitrogens with zero attached hydrogens (tertiary/aromatic N) is 3. The van der Waals surface area contributed by atoms with E-state index in [2.05, 4.69) is 14.7 Å². The van der Waals surface area contributed by atoms with Gasteiger partial charge < -0.3 is 9.84 Å². The first-order chi connectivity index (χ1) is 10.9. The summed E-state index contributed by atoms with van der Waals surface area (Å²) in [7, 11) is -1.99. The van der Waals surface area contributed by atoms with Crippen LogP contribution in [-0.2, 0) is 21.8 Å². The Balaban J connectivity index is 1.69. The minimum Gasteiger partial charge on any atom is -0.390 e. The van der Waals surface area contributed by atoms with E-state index in [0.29, 0.717) is 25.3 Å². The summed E-state index contributed by atoms with van der Waals surface area (Å²) in [4.78, 5) is 2.36. The number of morpholine rings is 1. The number of aromatic nitrogens is 2. The van der Waals surface area contributed by atoms with Crippen LogP contribution in [0.3, 0.4) is 0 Å². The molecule has 23 heavy (non-hydrogen) atoms. The Morgan fingerprint density at radius 3 is 2.65 bits per heavy atom. The predicted molar refractivity (Wildman–Crippen MR) is 83.5 cm³/mol. The zero-order chi connectivity index (χ0) is 16.6. The van der Waals surface area contributed by atoms with Crippen molar-refractivity contribution in [2.45, 2.75) is 42.8 Å². The van der Waals surface area contributed by atoms with Crippen molar-refractivity contribution in [3.8, 4) is 0 Å². The van der Waals surface area contributed by atoms with Crippen molar-refractivity contribution >= 4 is 10.0 Å². The van der Waals surface area contributed by atoms with Gasteiger partial charge in [0.2, 0.25) is 10.0 Å². The third-order valence-corrected chi connectivity index (χ3v) is 6.25. The van der Waals surface area contributed by atoms with Crippen molar-refractivity contribution in [3.63, 3.8) is 0 Å². The lowest BCUT2D eigenvalue weighted by Crippen LogP contribution is -2.51. The number of aliphatic hydroxyl groups is 1. The second kappa shape index (κ2) is 6.48. The second-order valence-electron chi connectivity index (χ2n) is 6.26. The van der Waals surface area contributed by atoms with Crippen molar-refractivity contribution in [2.75, 3.05) is 26.3 Å². The molecule has 0 aromatic carbocycles. The number of sulfonamides is 1. The SMILES string of the molecule is Cc1nn(C)cc1S(=O)(=O)N[C@@H]1CC[C@@H](N2CCOCC2)[C@@H]1O. The number of nitrogens with one attached hydrogen (secondary N) is 1. The molecule has 2 aliphatic rings. The predicted octanol–water partition coefficient (Wildman–Crippen LogP) is -0.769. The Hall–Kier alpha value is -1.00. The van der Waals surface area contributed by atoms with Crippen molar-refractivity contribution in [1.82, 2.24) is 19.4 Å². The van der Waals surface area contributed by atoms with Gasteiger partial charge in [-0.05, 0) is 19.8 Å². The standard InChI is InChI=1S/C14H24N4O4S/c1-10-13(9-17(2)15-10)23(20,21)16-11-3-4-12(14(11)19)18-5-7-22-8-6-18/h9,11-12,14,16,19H,3-8H2,1-2H3/t11-,12-,14-/m1/s1. The van der Waals surface area contributed by atoms with E-state index in [1.54, 1.807) is 14.0 Å². The Morgan fingerprint density at radius 2 is 2.04 bits per heavy atom. The van der Waals surface area contributed by atoms with Crippen LogP contribution in [0.5, 0.6) is 0 Å². The summed E-state index contributed by atoms with van der Waals surface area (Å²) in [5.74, 6) is 0. The van der Waals surface area contributed by atoms with Crippen LogP contribution in [0.2, 0.25) is 0 Å². The molecule has 0 spiro atoms. The van der Waals surface area contributed by atoms with E-state index in [1.165, 1.54) is 10.9 Å². The number of rotatable bonds is 4. The molecular formula is C14H24N4O4S. The first kappa shape index (κ1) is 16.8. The van der Waals surface area contributed by atoms with Gasteiger partial charge in [-0.2, -0.15) is 5.10 Å². The van der Waals surface area contributed by atoms with Crippen LogP contribution in [0.25, 0.3) is 0 Å². The van der Waals surface area contributed by atoms with E-state index in [1.807, 2.05) is 0 Å². The quantitative estimate of drug-likeness (QED) is 0.745. The average Bonchev–Trinajstić information content (AvgIpc) is 3.03. The fraction of sp³-hybridized carbons (Fsp3) is 0.786. The van der Waals surface area contributed by atoms with E-state index in [0.717, 1.165) is 19.5 Å². The Morgan fingerprint density at radius 1 is 1.35 bits per heavy atom. The summed E-state index contributed by atoms with van der Waals surface area (Å²) in [5, 5.41) is 14.6. The lowest BCUT2D eigenvalue weighted by molar-refractivity contribution is -0.0145. The van der Waals surface area contributed by atoms with E-state index >= 15 is 0 Å². The van der Waals surface area contributed by atoms with E-state index in [4.69, 9.17) is 4.74 Å². The molecule has 1 aromatic heterocycles. The van der Waals surface area contributed by atoms with Crippen molar-refractivity contribution in [3.05, 3.63) is 11.9 Å². The molecule has 1 saturated heterocycles. The minimum atomic E-state index is -3.68. The highest BCUT2D eigenvalue weighted by Gasteiger charge is 2.40. The fourth-order valence-corrected chi connectivity index (χ4v) is 5.00. The molecule has 1 aromatic rings. The van der Waals surface area contributed by atoms with Crippen LogP contribution in [0.4, 0.5) is 0 Å². The van der Waals surface area contributed by atoms with Gasteiger partial charge in [0.25, 0.3) is 0 Å². The molecule has 0 amide bonds. The fourth-order valence-electron chi connectivity index (χ4n) is 3.50. The van der Waals surface area contributed by atoms with Crippen molar-refractivity contribution in [2.24, 2.45) is 7.05 Å². The number of hydrogen-bond donors (Lipinski definition) is 2. The molecule has 0 radical (unpaired) electrons. The van der Waals surface area contributed by atoms with Gasteiger partial charge in [-0.25, -0.2) is 13.1 Å². The summed E-state index contributed by atoms with van der Waals surface area (Å²) in [6, 6.07) is -0.478. The molecule has 2 fully saturated rings. The summed E-state index contributed by atoms with van der Waals surface area (Å²) < 4.78 is 34.5. The number of hydrogen-bond acceptors (Lipinski definition) is 6. The van der Waals surface area contributed by atoms with E-state index in [9.17, 15) is 13.5 Å². The van der Waals surface area contributed by atoms with Gasteiger partial charge in [-0.15, -0.1) is 0 Å². The molecule has 1 saturated carbocycles. The van der Waals surface area contributed by atoms with Crippen molar-refractivity contribution in [1.29, 1.82) is 0 Å². The highest BCUT2D eigenvalue weighted by atomic mass is 32.2. The topological polar surface area (TPSA) is 96.7 Å². The monoisotopic (exact) mass is 344 g/mol. The highest BCUT2D eigenvalue weighted by molar-refractivity contribution is 7.89. The van der Waals surface area contributed by atoms with Gasteiger partial charge in [-0.1, -0.05) is 0 Å². The minimum absolute atomic E-state index is 0.0124. The van der Waals surface area contributed by atoms with Crippen LogP contribution < -0.4 is 4.72 Å². The molecule has 0 bridgehead atoms. The molecule has 3 atom stereocenters. The number of ether oxygens (including phenoxy) is 1. The Bertz CT molecular complexity index is 654. The summed E-state index contributed by atoms with van der Waals surface area (Å²) in [6.07, 6.45) is 2.18. The normalized spacial score (nSPS) is 30.0. The van der Waals surface area contributed by atoms with Gasteiger partial charge >= 0.3 is 0 Å². The van der Waals surface area contributed by atoms with Gasteiger partial charge in [0.05, 0.1) is 25.0 Å². The van der Waals surface area contributed by atoms with Crippen LogP contribution in [0.1, 0.15) is 18.5 Å². The molecule has 9 heteroatoms. The lowest BCUT2D eigenvalue weighted by Gasteiger charge is -2.34. The first-order valence-electron chi connectivity index (χ1n) is 7.91. The molecular weight excluding hydrogens is 320 g/mol. The van der Waals surface area contributed by atoms with Gasteiger partial charge in [0.1, 0.15) is 4.90 Å². The zero-order valence-electron chi connectivity index (χ0n) is 13.5. The van der Waals surface area contributed by atoms with E-state index in [-0.39, 0.29) is 10.9 Å². The Kier molecular flexibility index (Phi) is 4.75. The maximum atomic E-state index is 12.5. The molecule has 130 valence electrons. The van der Waals surface area contributed by atoms with Gasteiger partial charge in [-0.3, -0.25) is 9.58 Å². The zero-order valence-corrected chi connectivity index (χ0v) is 14.3. The molecule has 8 nitrogen and oxygen atoms in total. The summed E-state index contributed by atoms with van der Waals surface area (Å²) >= 11 is 0.